The van der Waals surface area contributed by atoms with Crippen LogP contribution in [0.3, 0.4) is 0 Å². The zero-order chi connectivity index (χ0) is 84.1. The topological polar surface area (TPSA) is 475 Å². The minimum absolute atomic E-state index is 0. The van der Waals surface area contributed by atoms with Gasteiger partial charge in [0.25, 0.3) is 17.7 Å². The van der Waals surface area contributed by atoms with E-state index >= 15 is 0 Å². The van der Waals surface area contributed by atoms with Gasteiger partial charge in [0, 0.05) is 42.9 Å². The number of anilines is 4. The van der Waals surface area contributed by atoms with Crippen molar-refractivity contribution in [2.75, 3.05) is 48.1 Å². The number of nitrogens with zero attached hydrogens (tertiary/aromatic N) is 16. The number of benzene rings is 4. The number of aromatic nitrogens is 16. The molecule has 0 aliphatic carbocycles. The number of nitrogen functional groups attached to an aromatic ring is 1. The van der Waals surface area contributed by atoms with Gasteiger partial charge in [0.1, 0.15) is 94.3 Å². The average molecular weight is 1670 g/mol. The number of aryl methyl sites for hydroxylation is 8. The van der Waals surface area contributed by atoms with Crippen molar-refractivity contribution >= 4 is 115 Å². The summed E-state index contributed by atoms with van der Waals surface area (Å²) in [5, 5.41) is 43.7. The fourth-order valence-corrected chi connectivity index (χ4v) is 14.5. The molecule has 4 aliphatic heterocycles. The molecule has 0 unspecified atom stereocenters. The normalized spacial score (nSPS) is 14.7. The van der Waals surface area contributed by atoms with Crippen LogP contribution in [0.1, 0.15) is 205 Å². The number of amides is 4. The van der Waals surface area contributed by atoms with Gasteiger partial charge in [-0.3, -0.25) is 77.1 Å². The van der Waals surface area contributed by atoms with Crippen molar-refractivity contribution in [3.63, 3.8) is 0 Å². The minimum atomic E-state index is -1.07. The number of hydrogen-bond acceptors (Lipinski definition) is 22. The number of nitrogens with two attached hydrogens (primary N) is 2. The number of imidazole rings is 4. The van der Waals surface area contributed by atoms with Gasteiger partial charge in [-0.1, -0.05) is 31.7 Å². The third-order valence-corrected chi connectivity index (χ3v) is 19.7. The summed E-state index contributed by atoms with van der Waals surface area (Å²) in [5.74, 6) is 0.247. The summed E-state index contributed by atoms with van der Waals surface area (Å²) in [5.41, 5.74) is 22.9. The summed E-state index contributed by atoms with van der Waals surface area (Å²) in [4.78, 5) is 114. The molecule has 4 aromatic carbocycles. The minimum Gasteiger partial charge on any atom is -0.870 e. The number of aromatic carboxylic acids is 2. The molecule has 0 bridgehead atoms. The van der Waals surface area contributed by atoms with Crippen LogP contribution in [-0.4, -0.2) is 167 Å². The average Bonchev–Trinajstić information content (AvgIpc) is 1.60. The van der Waals surface area contributed by atoms with Crippen molar-refractivity contribution in [1.82, 2.24) is 77.3 Å². The molecule has 36 nitrogen and oxygen atoms in total. The Kier molecular flexibility index (Phi) is 29.5. The maximum Gasteiger partial charge on any atom is 1.00 e. The van der Waals surface area contributed by atoms with Gasteiger partial charge in [-0.05, 0) is 168 Å². The second kappa shape index (κ2) is 38.8. The van der Waals surface area contributed by atoms with Gasteiger partial charge in [-0.2, -0.15) is 20.4 Å². The molecule has 4 amide bonds. The van der Waals surface area contributed by atoms with E-state index < -0.39 is 17.8 Å². The Morgan fingerprint density at radius 2 is 0.692 bits per heavy atom. The molecule has 8 aromatic heterocycles. The molecule has 624 valence electrons. The summed E-state index contributed by atoms with van der Waals surface area (Å²) in [6, 6.07) is 19.8. The Hall–Kier alpha value is -12.7. The van der Waals surface area contributed by atoms with Crippen LogP contribution in [0.15, 0.2) is 123 Å². The van der Waals surface area contributed by atoms with Crippen molar-refractivity contribution < 1.29 is 124 Å². The molecule has 12 aromatic rings. The quantitative estimate of drug-likeness (QED) is 0.0178. The molecule has 0 fully saturated rings. The van der Waals surface area contributed by atoms with Crippen molar-refractivity contribution in [3.05, 3.63) is 191 Å². The Morgan fingerprint density at radius 1 is 0.425 bits per heavy atom. The van der Waals surface area contributed by atoms with E-state index in [0.29, 0.717) is 186 Å². The number of rotatable bonds is 23. The molecule has 4 aliphatic rings. The molecule has 120 heavy (non-hydrogen) atoms. The van der Waals surface area contributed by atoms with Gasteiger partial charge in [0.15, 0.2) is 11.6 Å². The molecule has 12 heterocycles. The Balaban J connectivity index is 0.000000175. The first-order valence-corrected chi connectivity index (χ1v) is 37.9. The van der Waals surface area contributed by atoms with E-state index in [9.17, 15) is 43.5 Å². The zero-order valence-corrected chi connectivity index (χ0v) is 71.0. The van der Waals surface area contributed by atoms with Crippen LogP contribution in [0.25, 0.3) is 44.1 Å². The van der Waals surface area contributed by atoms with Gasteiger partial charge in [0.2, 0.25) is 29.7 Å². The van der Waals surface area contributed by atoms with E-state index in [1.54, 1.807) is 93.8 Å². The third kappa shape index (κ3) is 18.7. The van der Waals surface area contributed by atoms with Gasteiger partial charge in [0.05, 0.1) is 74.6 Å². The van der Waals surface area contributed by atoms with Crippen LogP contribution in [0, 0.1) is 27.7 Å². The van der Waals surface area contributed by atoms with Gasteiger partial charge in [-0.15, -0.1) is 26.3 Å². The van der Waals surface area contributed by atoms with Crippen LogP contribution < -0.4 is 97.7 Å². The number of ketones is 2. The molecule has 0 saturated carbocycles. The summed E-state index contributed by atoms with van der Waals surface area (Å²) in [7, 11) is 0. The number of carbonyl (C=O) groups excluding carboxylic acids is 6. The molecule has 16 rings (SSSR count). The Morgan fingerprint density at radius 3 is 0.975 bits per heavy atom. The van der Waals surface area contributed by atoms with E-state index in [0.717, 1.165) is 40.2 Å². The first-order valence-electron chi connectivity index (χ1n) is 37.9. The number of primary amides is 1. The summed E-state index contributed by atoms with van der Waals surface area (Å²) >= 11 is 0. The van der Waals surface area contributed by atoms with Gasteiger partial charge in [-0.25, -0.2) is 29.5 Å². The summed E-state index contributed by atoms with van der Waals surface area (Å²) in [6.45, 7) is 37.1. The third-order valence-electron chi connectivity index (χ3n) is 19.7. The van der Waals surface area contributed by atoms with Crippen LogP contribution in [-0.2, 0) is 26.2 Å². The number of ether oxygens (including phenoxy) is 4. The predicted octanol–water partition coefficient (Wildman–Crippen LogP) is 9.67. The van der Waals surface area contributed by atoms with Crippen molar-refractivity contribution in [2.45, 2.75) is 153 Å². The molecular formula is C83H96KN21O15. The molecule has 10 N–H and O–H groups in total. The van der Waals surface area contributed by atoms with Gasteiger partial charge < -0.3 is 50.7 Å². The zero-order valence-electron chi connectivity index (χ0n) is 67.9. The number of allylic oxidation sites excluding steroid dienone is 4. The number of carboxylic acids is 2. The van der Waals surface area contributed by atoms with E-state index in [4.69, 9.17) is 35.5 Å². The van der Waals surface area contributed by atoms with E-state index in [-0.39, 0.29) is 129 Å². The number of carbonyl (C=O) groups is 8. The number of hydrogen-bond donors (Lipinski definition) is 7. The summed E-state index contributed by atoms with van der Waals surface area (Å²) < 4.78 is 37.5. The second-order valence-electron chi connectivity index (χ2n) is 28.0. The Bertz CT molecular complexity index is 5580. The molecule has 0 radical (unpaired) electrons. The monoisotopic (exact) mass is 1670 g/mol. The largest absolute Gasteiger partial charge is 1.00 e. The maximum absolute atomic E-state index is 13.0. The van der Waals surface area contributed by atoms with Crippen molar-refractivity contribution in [1.29, 1.82) is 0 Å². The van der Waals surface area contributed by atoms with Crippen LogP contribution in [0.5, 0.6) is 23.0 Å². The van der Waals surface area contributed by atoms with E-state index in [1.807, 2.05) is 78.9 Å². The standard InChI is InChI=1S/C21H23N5O3.C20H22N6O3.C20H21N5O4.C14H15N3O2.C7H10N2O2.CH4.K.H2O/c1-5-7-15-11-29-18-10-14(13(4)27)9-16-19(18)26(15)21(22-16)23-20(28)17-8-12(3)24-25(17)6-2;1-4-6-13-10-29-16-9-12(18(21)27)8-14-17(16)26(13)20(22-14)23-19(28)15-7-11(3)24-25(15)5-2;1-4-6-13-10-29-16-9-12(19(27)28)8-14-17(16)25(13)20(21-14)22-18(26)15-7-11(3)23-24(15)5-2;1-3-4-10-7-19-12-6-9(8(2)18)5-11-13(12)17(10)14(15)16-11;1-3-9-6(7(10)11)4-5(2)8-9;;;/h5,8-10,15H,1,6-7,11H2,2-4H3,(H,22,23,28);4,7-9,13H,1,5-6,10H2,2-3H3,(H2,21,27)(H,22,23,28);4,7-9,13H,1,5-6,10H2,2-3H3,(H,27,28)(H,21,22,26);3,5-6,10H,1,4,7H2,2H3,(H2,15,16);4H,3H2,1-2H3,(H,10,11);1H4;;1H2/q;;;;;;+1;/p-1/t15-;2*13-;10-;;;;/m1111..../s1. The second-order valence-corrected chi connectivity index (χ2v) is 28.0. The van der Waals surface area contributed by atoms with E-state index in [1.165, 1.54) is 30.7 Å². The molecule has 0 spiro atoms. The maximum atomic E-state index is 13.0. The number of nitrogens with one attached hydrogen (secondary N) is 3. The molecule has 0 saturated heterocycles. The SMILES string of the molecule is C.C=CC[C@@H]1COc2cc(C(=O)O)cc3nc(NC(=O)c4cc(C)nn4CC)n1c23.C=CC[C@@H]1COc2cc(C(C)=O)cc3nc(N)n1c23.C=CC[C@@H]1COc2cc(C(C)=O)cc3nc(NC(=O)c4cc(C)nn4CC)n1c23.C=CC[C@@H]1COc2cc(C(N)=O)cc3nc(NC(=O)c4cc(C)nn4CC)n1c23.CCn1nc(C)cc1C(=O)O.[K+].[OH-]. The molecular weight excluding hydrogens is 1570 g/mol. The fourth-order valence-electron chi connectivity index (χ4n) is 14.5. The summed E-state index contributed by atoms with van der Waals surface area (Å²) in [6.07, 6.45) is 9.90. The first-order chi connectivity index (χ1) is 56.0. The molecule has 4 atom stereocenters. The van der Waals surface area contributed by atoms with E-state index in [2.05, 4.69) is 82.6 Å². The van der Waals surface area contributed by atoms with Crippen molar-refractivity contribution in [2.24, 2.45) is 5.73 Å². The van der Waals surface area contributed by atoms with Crippen LogP contribution >= 0.6 is 0 Å². The smallest absolute Gasteiger partial charge is 0.870 e. The van der Waals surface area contributed by atoms with Crippen LogP contribution in [0.4, 0.5) is 23.8 Å². The van der Waals surface area contributed by atoms with Crippen LogP contribution in [0.2, 0.25) is 0 Å². The Labute approximate surface area is 732 Å². The van der Waals surface area contributed by atoms with Gasteiger partial charge >= 0.3 is 63.3 Å². The predicted molar refractivity (Wildman–Crippen MR) is 446 cm³/mol. The molecule has 37 heteroatoms. The number of carboxylic acid groups (broad SMARTS) is 2. The number of Topliss-reactive ketones (excluding diaryl/α,β-unsaturated/α-hetero) is 2. The van der Waals surface area contributed by atoms with Crippen molar-refractivity contribution in [3.8, 4) is 23.0 Å². The fraction of sp³-hybridized carbons (Fsp3) is 0.325. The first kappa shape index (κ1) is 91.2.